The van der Waals surface area contributed by atoms with Gasteiger partial charge in [0.25, 0.3) is 17.7 Å². The first-order valence-corrected chi connectivity index (χ1v) is 18.1. The van der Waals surface area contributed by atoms with Gasteiger partial charge in [0.15, 0.2) is 0 Å². The molecule has 0 aliphatic heterocycles. The summed E-state index contributed by atoms with van der Waals surface area (Å²) in [6.07, 6.45) is 1.25. The molecule has 0 saturated carbocycles. The third kappa shape index (κ3) is 10.1. The molecular formula is C40H35FN4O6S2. The first-order valence-electron chi connectivity index (χ1n) is 16.4. The molecule has 1 aromatic heterocycles. The highest BCUT2D eigenvalue weighted by Gasteiger charge is 2.28. The Labute approximate surface area is 313 Å². The van der Waals surface area contributed by atoms with Crippen LogP contribution in [0.25, 0.3) is 6.08 Å². The Morgan fingerprint density at radius 3 is 2.17 bits per heavy atom. The van der Waals surface area contributed by atoms with E-state index < -0.39 is 40.7 Å². The number of hydrogen-bond acceptors (Lipinski definition) is 8. The summed E-state index contributed by atoms with van der Waals surface area (Å²) in [5, 5.41) is 10.4. The number of carbonyl (C=O) groups is 5. The molecule has 0 radical (unpaired) electrons. The Morgan fingerprint density at radius 1 is 0.811 bits per heavy atom. The standard InChI is InChI=1S/C40H35FN4O6S2/c1-4-51-40(50)33-24(2)34(38(49)42-28-17-9-6-10-18-28)53-39(33)45-35(46)25(3)52-30-20-13-19-29(23-30)43-37(48)32(22-27-16-11-12-21-31(27)41)44-36(47)26-14-7-5-8-15-26/h5-23,25H,4H2,1-3H3,(H,42,49)(H,43,48)(H,44,47)(H,45,46)/b32-22-. The topological polar surface area (TPSA) is 143 Å². The second kappa shape index (κ2) is 17.9. The second-order valence-electron chi connectivity index (χ2n) is 11.4. The monoisotopic (exact) mass is 750 g/mol. The minimum Gasteiger partial charge on any atom is -0.462 e. The highest BCUT2D eigenvalue weighted by molar-refractivity contribution is 8.00. The molecular weight excluding hydrogens is 716 g/mol. The molecule has 0 spiro atoms. The Kier molecular flexibility index (Phi) is 12.9. The zero-order chi connectivity index (χ0) is 37.9. The van der Waals surface area contributed by atoms with E-state index in [0.29, 0.717) is 27.4 Å². The van der Waals surface area contributed by atoms with Gasteiger partial charge >= 0.3 is 5.97 Å². The number of ether oxygens (including phenoxy) is 1. The van der Waals surface area contributed by atoms with Gasteiger partial charge in [0.05, 0.1) is 22.3 Å². The molecule has 4 aromatic carbocycles. The number of nitrogens with one attached hydrogen (secondary N) is 4. The molecule has 10 nitrogen and oxygen atoms in total. The molecule has 0 aliphatic rings. The summed E-state index contributed by atoms with van der Waals surface area (Å²) >= 11 is 2.16. The maximum atomic E-state index is 14.5. The van der Waals surface area contributed by atoms with Crippen molar-refractivity contribution in [3.8, 4) is 0 Å². The van der Waals surface area contributed by atoms with Crippen LogP contribution in [0.2, 0.25) is 0 Å². The number of esters is 1. The third-order valence-corrected chi connectivity index (χ3v) is 9.91. The summed E-state index contributed by atoms with van der Waals surface area (Å²) in [6, 6.07) is 29.7. The SMILES string of the molecule is CCOC(=O)c1c(NC(=O)C(C)Sc2cccc(NC(=O)/C(=C/c3ccccc3F)NC(=O)c3ccccc3)c2)sc(C(=O)Nc2ccccc2)c1C. The van der Waals surface area contributed by atoms with Crippen molar-refractivity contribution < 1.29 is 33.1 Å². The average Bonchev–Trinajstić information content (AvgIpc) is 3.48. The van der Waals surface area contributed by atoms with Crippen LogP contribution in [0.15, 0.2) is 120 Å². The van der Waals surface area contributed by atoms with Gasteiger partial charge in [0, 0.05) is 27.4 Å². The number of anilines is 3. The van der Waals surface area contributed by atoms with Crippen molar-refractivity contribution in [2.45, 2.75) is 30.9 Å². The zero-order valence-corrected chi connectivity index (χ0v) is 30.5. The van der Waals surface area contributed by atoms with Crippen LogP contribution in [-0.4, -0.2) is 41.5 Å². The van der Waals surface area contributed by atoms with Crippen molar-refractivity contribution >= 4 is 75.1 Å². The van der Waals surface area contributed by atoms with Gasteiger partial charge in [-0.1, -0.05) is 60.7 Å². The van der Waals surface area contributed by atoms with Crippen LogP contribution in [-0.2, 0) is 14.3 Å². The minimum atomic E-state index is -0.697. The van der Waals surface area contributed by atoms with E-state index in [1.54, 1.807) is 106 Å². The largest absolute Gasteiger partial charge is 0.462 e. The van der Waals surface area contributed by atoms with E-state index in [0.717, 1.165) is 11.3 Å². The summed E-state index contributed by atoms with van der Waals surface area (Å²) in [7, 11) is 0. The van der Waals surface area contributed by atoms with Crippen molar-refractivity contribution in [3.05, 3.63) is 148 Å². The van der Waals surface area contributed by atoms with Gasteiger partial charge in [-0.25, -0.2) is 9.18 Å². The van der Waals surface area contributed by atoms with Crippen LogP contribution in [0.4, 0.5) is 20.8 Å². The number of benzene rings is 4. The fourth-order valence-corrected chi connectivity index (χ4v) is 7.00. The lowest BCUT2D eigenvalue weighted by Gasteiger charge is -2.14. The Balaban J connectivity index is 1.31. The van der Waals surface area contributed by atoms with E-state index in [1.165, 1.54) is 36.0 Å². The summed E-state index contributed by atoms with van der Waals surface area (Å²) in [5.41, 5.74) is 1.64. The van der Waals surface area contributed by atoms with Crippen LogP contribution in [0.3, 0.4) is 0 Å². The van der Waals surface area contributed by atoms with E-state index in [4.69, 9.17) is 4.74 Å². The molecule has 1 atom stereocenters. The molecule has 4 amide bonds. The molecule has 0 saturated heterocycles. The Hall–Kier alpha value is -6.05. The van der Waals surface area contributed by atoms with Gasteiger partial charge in [-0.15, -0.1) is 23.1 Å². The molecule has 1 unspecified atom stereocenters. The number of para-hydroxylation sites is 1. The van der Waals surface area contributed by atoms with Gasteiger partial charge in [-0.2, -0.15) is 0 Å². The van der Waals surface area contributed by atoms with Crippen LogP contribution in [0.1, 0.15) is 55.4 Å². The van der Waals surface area contributed by atoms with E-state index in [9.17, 15) is 28.4 Å². The van der Waals surface area contributed by atoms with Crippen LogP contribution >= 0.6 is 23.1 Å². The fraction of sp³-hybridized carbons (Fsp3) is 0.125. The quantitative estimate of drug-likeness (QED) is 0.0541. The molecule has 270 valence electrons. The van der Waals surface area contributed by atoms with Crippen LogP contribution in [0, 0.1) is 12.7 Å². The number of thiophene rings is 1. The van der Waals surface area contributed by atoms with Gasteiger partial charge in [0.1, 0.15) is 16.5 Å². The fourth-order valence-electron chi connectivity index (χ4n) is 4.98. The van der Waals surface area contributed by atoms with Gasteiger partial charge < -0.3 is 26.0 Å². The number of hydrogen-bond donors (Lipinski definition) is 4. The molecule has 5 aromatic rings. The highest BCUT2D eigenvalue weighted by Crippen LogP contribution is 2.35. The third-order valence-electron chi connectivity index (χ3n) is 7.61. The van der Waals surface area contributed by atoms with E-state index in [2.05, 4.69) is 21.3 Å². The highest BCUT2D eigenvalue weighted by atomic mass is 32.2. The van der Waals surface area contributed by atoms with Crippen LogP contribution < -0.4 is 21.3 Å². The summed E-state index contributed by atoms with van der Waals surface area (Å²) in [6.45, 7) is 5.07. The molecule has 5 rings (SSSR count). The summed E-state index contributed by atoms with van der Waals surface area (Å²) < 4.78 is 19.8. The van der Waals surface area contributed by atoms with Crippen molar-refractivity contribution in [2.24, 2.45) is 0 Å². The lowest BCUT2D eigenvalue weighted by atomic mass is 10.1. The maximum absolute atomic E-state index is 14.5. The predicted molar refractivity (Wildman–Crippen MR) is 207 cm³/mol. The second-order valence-corrected chi connectivity index (χ2v) is 13.9. The van der Waals surface area contributed by atoms with Crippen molar-refractivity contribution in [2.75, 3.05) is 22.6 Å². The lowest BCUT2D eigenvalue weighted by Crippen LogP contribution is -2.30. The lowest BCUT2D eigenvalue weighted by molar-refractivity contribution is -0.115. The number of halogens is 1. The molecule has 1 heterocycles. The predicted octanol–water partition coefficient (Wildman–Crippen LogP) is 8.15. The number of thioether (sulfide) groups is 1. The van der Waals surface area contributed by atoms with Crippen molar-refractivity contribution in [1.82, 2.24) is 5.32 Å². The molecule has 4 N–H and O–H groups in total. The molecule has 13 heteroatoms. The van der Waals surface area contributed by atoms with E-state index in [1.807, 2.05) is 6.07 Å². The smallest absolute Gasteiger partial charge is 0.341 e. The van der Waals surface area contributed by atoms with Gasteiger partial charge in [0.2, 0.25) is 5.91 Å². The first-order chi connectivity index (χ1) is 25.5. The molecule has 53 heavy (non-hydrogen) atoms. The first kappa shape index (κ1) is 38.2. The summed E-state index contributed by atoms with van der Waals surface area (Å²) in [4.78, 5) is 67.0. The normalized spacial score (nSPS) is 11.6. The molecule has 0 bridgehead atoms. The summed E-state index contributed by atoms with van der Waals surface area (Å²) in [5.74, 6) is -3.36. The van der Waals surface area contributed by atoms with Gasteiger partial charge in [-0.05, 0) is 80.9 Å². The zero-order valence-electron chi connectivity index (χ0n) is 28.9. The van der Waals surface area contributed by atoms with E-state index in [-0.39, 0.29) is 33.3 Å². The van der Waals surface area contributed by atoms with Crippen molar-refractivity contribution in [1.29, 1.82) is 0 Å². The molecule has 0 fully saturated rings. The van der Waals surface area contributed by atoms with E-state index >= 15 is 0 Å². The van der Waals surface area contributed by atoms with Crippen LogP contribution in [0.5, 0.6) is 0 Å². The number of amides is 4. The average molecular weight is 751 g/mol. The maximum Gasteiger partial charge on any atom is 0.341 e. The number of carbonyl (C=O) groups excluding carboxylic acids is 5. The van der Waals surface area contributed by atoms with Crippen molar-refractivity contribution in [3.63, 3.8) is 0 Å². The minimum absolute atomic E-state index is 0.101. The Morgan fingerprint density at radius 2 is 1.47 bits per heavy atom. The molecule has 0 aliphatic carbocycles. The number of rotatable bonds is 13. The Bertz CT molecular complexity index is 2170. The van der Waals surface area contributed by atoms with Gasteiger partial charge in [-0.3, -0.25) is 19.2 Å².